The molecule has 0 amide bonds. The summed E-state index contributed by atoms with van der Waals surface area (Å²) >= 11 is 13.2. The summed E-state index contributed by atoms with van der Waals surface area (Å²) in [5.74, 6) is 6.83. The molecule has 0 aliphatic carbocycles. The normalized spacial score (nSPS) is 9.15. The van der Waals surface area contributed by atoms with Gasteiger partial charge in [0.15, 0.2) is 0 Å². The number of halogens is 2. The van der Waals surface area contributed by atoms with Crippen molar-refractivity contribution in [3.63, 3.8) is 0 Å². The van der Waals surface area contributed by atoms with Crippen molar-refractivity contribution < 1.29 is 0 Å². The lowest BCUT2D eigenvalue weighted by atomic mass is 10.2. The molecule has 0 nitrogen and oxygen atoms in total. The van der Waals surface area contributed by atoms with Crippen molar-refractivity contribution in [2.24, 2.45) is 0 Å². The highest BCUT2D eigenvalue weighted by Crippen LogP contribution is 2.22. The minimum atomic E-state index is 0.708. The highest BCUT2D eigenvalue weighted by Gasteiger charge is 1.95. The Morgan fingerprint density at radius 1 is 1.46 bits per heavy atom. The number of thiol groups is 1. The zero-order valence-corrected chi connectivity index (χ0v) is 10.1. The molecule has 3 heteroatoms. The second-order valence-electron chi connectivity index (χ2n) is 2.40. The number of hydrogen-bond donors (Lipinski definition) is 1. The van der Waals surface area contributed by atoms with Gasteiger partial charge in [0, 0.05) is 22.2 Å². The van der Waals surface area contributed by atoms with Crippen LogP contribution >= 0.6 is 40.2 Å². The summed E-state index contributed by atoms with van der Waals surface area (Å²) in [5.41, 5.74) is 0.970. The Morgan fingerprint density at radius 3 is 2.85 bits per heavy atom. The molecule has 0 saturated carbocycles. The SMILES string of the molecule is SCCC#Cc1ccc(Cl)c(Br)c1. The number of hydrogen-bond acceptors (Lipinski definition) is 1. The van der Waals surface area contributed by atoms with Crippen LogP contribution in [0, 0.1) is 11.8 Å². The van der Waals surface area contributed by atoms with E-state index in [1.807, 2.05) is 18.2 Å². The molecule has 0 aromatic heterocycles. The molecule has 0 fully saturated rings. The Hall–Kier alpha value is -0.100. The van der Waals surface area contributed by atoms with Gasteiger partial charge in [-0.2, -0.15) is 12.6 Å². The summed E-state index contributed by atoms with van der Waals surface area (Å²) in [4.78, 5) is 0. The van der Waals surface area contributed by atoms with E-state index < -0.39 is 0 Å². The zero-order valence-electron chi connectivity index (χ0n) is 6.85. The molecule has 1 aromatic rings. The third-order valence-electron chi connectivity index (χ3n) is 1.39. The Kier molecular flexibility index (Phi) is 4.72. The van der Waals surface area contributed by atoms with Crippen molar-refractivity contribution in [1.82, 2.24) is 0 Å². The van der Waals surface area contributed by atoms with Gasteiger partial charge in [0.05, 0.1) is 5.02 Å². The van der Waals surface area contributed by atoms with Crippen molar-refractivity contribution in [3.05, 3.63) is 33.3 Å². The van der Waals surface area contributed by atoms with Gasteiger partial charge in [-0.05, 0) is 34.1 Å². The van der Waals surface area contributed by atoms with E-state index in [1.54, 1.807) is 0 Å². The third kappa shape index (κ3) is 3.64. The minimum absolute atomic E-state index is 0.708. The maximum Gasteiger partial charge on any atom is 0.0548 e. The van der Waals surface area contributed by atoms with Crippen LogP contribution in [-0.4, -0.2) is 5.75 Å². The predicted octanol–water partition coefficient (Wildman–Crippen LogP) is 3.77. The summed E-state index contributed by atoms with van der Waals surface area (Å²) in [6, 6.07) is 5.64. The number of benzene rings is 1. The maximum atomic E-state index is 5.83. The van der Waals surface area contributed by atoms with Gasteiger partial charge in [0.2, 0.25) is 0 Å². The molecule has 1 aromatic carbocycles. The quantitative estimate of drug-likeness (QED) is 0.585. The molecular weight excluding hydrogens is 268 g/mol. The van der Waals surface area contributed by atoms with E-state index >= 15 is 0 Å². The molecule has 68 valence electrons. The maximum absolute atomic E-state index is 5.83. The number of rotatable bonds is 1. The molecule has 0 atom stereocenters. The van der Waals surface area contributed by atoms with E-state index in [2.05, 4.69) is 40.4 Å². The second-order valence-corrected chi connectivity index (χ2v) is 4.11. The molecule has 13 heavy (non-hydrogen) atoms. The first-order valence-electron chi connectivity index (χ1n) is 3.79. The van der Waals surface area contributed by atoms with Gasteiger partial charge < -0.3 is 0 Å². The van der Waals surface area contributed by atoms with Crippen molar-refractivity contribution >= 4 is 40.2 Å². The Balaban J connectivity index is 2.81. The van der Waals surface area contributed by atoms with Crippen LogP contribution in [0.5, 0.6) is 0 Å². The van der Waals surface area contributed by atoms with Crippen LogP contribution in [0.25, 0.3) is 0 Å². The van der Waals surface area contributed by atoms with Crippen LogP contribution < -0.4 is 0 Å². The lowest BCUT2D eigenvalue weighted by Crippen LogP contribution is -1.76. The fourth-order valence-corrected chi connectivity index (χ4v) is 1.40. The topological polar surface area (TPSA) is 0 Å². The Bertz CT molecular complexity index is 352. The average Bonchev–Trinajstić information content (AvgIpc) is 2.12. The Labute approximate surface area is 97.2 Å². The fourth-order valence-electron chi connectivity index (χ4n) is 0.794. The fraction of sp³-hybridized carbons (Fsp3) is 0.200. The lowest BCUT2D eigenvalue weighted by Gasteiger charge is -1.95. The van der Waals surface area contributed by atoms with Crippen LogP contribution in [0.2, 0.25) is 5.02 Å². The summed E-state index contributed by atoms with van der Waals surface area (Å²) in [5, 5.41) is 0.708. The van der Waals surface area contributed by atoms with Gasteiger partial charge in [0.25, 0.3) is 0 Å². The highest BCUT2D eigenvalue weighted by molar-refractivity contribution is 9.10. The molecule has 0 unspecified atom stereocenters. The first-order valence-corrected chi connectivity index (χ1v) is 5.59. The van der Waals surface area contributed by atoms with E-state index in [1.165, 1.54) is 0 Å². The van der Waals surface area contributed by atoms with E-state index in [9.17, 15) is 0 Å². The van der Waals surface area contributed by atoms with Crippen molar-refractivity contribution in [2.45, 2.75) is 6.42 Å². The molecular formula is C10H8BrClS. The van der Waals surface area contributed by atoms with Gasteiger partial charge in [-0.1, -0.05) is 23.4 Å². The van der Waals surface area contributed by atoms with Gasteiger partial charge in [-0.25, -0.2) is 0 Å². The van der Waals surface area contributed by atoms with Gasteiger partial charge in [-0.15, -0.1) is 0 Å². The van der Waals surface area contributed by atoms with Gasteiger partial charge >= 0.3 is 0 Å². The standard InChI is InChI=1S/C10H8BrClS/c11-9-7-8(3-1-2-6-13)4-5-10(9)12/h4-5,7,13H,2,6H2. The van der Waals surface area contributed by atoms with E-state index in [4.69, 9.17) is 11.6 Å². The van der Waals surface area contributed by atoms with Crippen LogP contribution in [0.1, 0.15) is 12.0 Å². The average molecular weight is 276 g/mol. The Morgan fingerprint density at radius 2 is 2.23 bits per heavy atom. The molecule has 0 N–H and O–H groups in total. The molecule has 1 rings (SSSR count). The summed E-state index contributed by atoms with van der Waals surface area (Å²) in [6.45, 7) is 0. The smallest absolute Gasteiger partial charge is 0.0548 e. The molecule has 0 heterocycles. The summed E-state index contributed by atoms with van der Waals surface area (Å²) < 4.78 is 0.881. The van der Waals surface area contributed by atoms with Crippen LogP contribution in [0.3, 0.4) is 0 Å². The lowest BCUT2D eigenvalue weighted by molar-refractivity contribution is 1.31. The first kappa shape index (κ1) is 11.0. The molecule has 0 bridgehead atoms. The van der Waals surface area contributed by atoms with E-state index in [-0.39, 0.29) is 0 Å². The molecule has 0 aliphatic rings. The first-order chi connectivity index (χ1) is 6.24. The van der Waals surface area contributed by atoms with Crippen molar-refractivity contribution in [3.8, 4) is 11.8 Å². The van der Waals surface area contributed by atoms with E-state index in [0.717, 1.165) is 22.2 Å². The van der Waals surface area contributed by atoms with Crippen LogP contribution in [0.15, 0.2) is 22.7 Å². The zero-order chi connectivity index (χ0) is 9.68. The largest absolute Gasteiger partial charge is 0.178 e. The van der Waals surface area contributed by atoms with Crippen LogP contribution in [-0.2, 0) is 0 Å². The minimum Gasteiger partial charge on any atom is -0.178 e. The second kappa shape index (κ2) is 5.59. The molecule has 0 spiro atoms. The predicted molar refractivity (Wildman–Crippen MR) is 64.5 cm³/mol. The van der Waals surface area contributed by atoms with E-state index in [0.29, 0.717) is 5.02 Å². The molecule has 0 radical (unpaired) electrons. The van der Waals surface area contributed by atoms with Gasteiger partial charge in [-0.3, -0.25) is 0 Å². The van der Waals surface area contributed by atoms with Crippen molar-refractivity contribution in [1.29, 1.82) is 0 Å². The highest BCUT2D eigenvalue weighted by atomic mass is 79.9. The molecule has 0 aliphatic heterocycles. The summed E-state index contributed by atoms with van der Waals surface area (Å²) in [7, 11) is 0. The summed E-state index contributed by atoms with van der Waals surface area (Å²) in [6.07, 6.45) is 0.809. The van der Waals surface area contributed by atoms with Gasteiger partial charge in [0.1, 0.15) is 0 Å². The molecule has 0 saturated heterocycles. The third-order valence-corrected chi connectivity index (χ3v) is 2.83. The monoisotopic (exact) mass is 274 g/mol. The van der Waals surface area contributed by atoms with Crippen LogP contribution in [0.4, 0.5) is 0 Å². The van der Waals surface area contributed by atoms with Crippen molar-refractivity contribution in [2.75, 3.05) is 5.75 Å².